The molecule has 1 saturated carbocycles. The zero-order valence-corrected chi connectivity index (χ0v) is 18.4. The summed E-state index contributed by atoms with van der Waals surface area (Å²) in [5.41, 5.74) is 0.864. The van der Waals surface area contributed by atoms with Crippen LogP contribution >= 0.6 is 39.9 Å². The fourth-order valence-corrected chi connectivity index (χ4v) is 5.30. The van der Waals surface area contributed by atoms with E-state index in [1.165, 1.54) is 11.8 Å². The smallest absolute Gasteiger partial charge is 0.266 e. The number of rotatable bonds is 7. The zero-order chi connectivity index (χ0) is 19.4. The van der Waals surface area contributed by atoms with E-state index in [-0.39, 0.29) is 11.9 Å². The SMILES string of the molecule is C=CCOc1c(Br)cc(C=C2SC(=S)N(C3CCCC3)C2=O)cc1OCC. The van der Waals surface area contributed by atoms with Gasteiger partial charge in [0.1, 0.15) is 10.9 Å². The lowest BCUT2D eigenvalue weighted by Gasteiger charge is -2.21. The van der Waals surface area contributed by atoms with E-state index in [0.29, 0.717) is 33.9 Å². The van der Waals surface area contributed by atoms with Crippen molar-refractivity contribution >= 4 is 56.2 Å². The van der Waals surface area contributed by atoms with E-state index in [1.807, 2.05) is 25.1 Å². The van der Waals surface area contributed by atoms with Crippen LogP contribution in [0.15, 0.2) is 34.2 Å². The average molecular weight is 468 g/mol. The highest BCUT2D eigenvalue weighted by Gasteiger charge is 2.38. The van der Waals surface area contributed by atoms with Gasteiger partial charge < -0.3 is 9.47 Å². The van der Waals surface area contributed by atoms with Gasteiger partial charge in [0, 0.05) is 6.04 Å². The Morgan fingerprint density at radius 1 is 1.37 bits per heavy atom. The Hall–Kier alpha value is -1.31. The molecule has 27 heavy (non-hydrogen) atoms. The largest absolute Gasteiger partial charge is 0.490 e. The van der Waals surface area contributed by atoms with E-state index < -0.39 is 0 Å². The molecule has 144 valence electrons. The fraction of sp³-hybridized carbons (Fsp3) is 0.400. The Morgan fingerprint density at radius 3 is 2.78 bits per heavy atom. The zero-order valence-electron chi connectivity index (χ0n) is 15.2. The third-order valence-corrected chi connectivity index (χ3v) is 6.41. The number of hydrogen-bond acceptors (Lipinski definition) is 5. The number of carbonyl (C=O) groups excluding carboxylic acids is 1. The number of nitrogens with zero attached hydrogens (tertiary/aromatic N) is 1. The molecule has 7 heteroatoms. The molecule has 4 nitrogen and oxygen atoms in total. The summed E-state index contributed by atoms with van der Waals surface area (Å²) in [6.45, 7) is 6.50. The van der Waals surface area contributed by atoms with Crippen molar-refractivity contribution in [2.24, 2.45) is 0 Å². The van der Waals surface area contributed by atoms with Crippen LogP contribution in [0.2, 0.25) is 0 Å². The van der Waals surface area contributed by atoms with Gasteiger partial charge in [0.15, 0.2) is 11.5 Å². The van der Waals surface area contributed by atoms with Crippen LogP contribution in [0.4, 0.5) is 0 Å². The average Bonchev–Trinajstić information content (AvgIpc) is 3.23. The van der Waals surface area contributed by atoms with Crippen LogP contribution < -0.4 is 9.47 Å². The highest BCUT2D eigenvalue weighted by atomic mass is 79.9. The predicted molar refractivity (Wildman–Crippen MR) is 118 cm³/mol. The molecule has 1 saturated heterocycles. The minimum absolute atomic E-state index is 0.0120. The normalized spacial score (nSPS) is 19.2. The minimum atomic E-state index is 0.0120. The second kappa shape index (κ2) is 9.26. The molecule has 0 spiro atoms. The maximum Gasteiger partial charge on any atom is 0.266 e. The summed E-state index contributed by atoms with van der Waals surface area (Å²) in [5.74, 6) is 1.27. The first-order valence-electron chi connectivity index (χ1n) is 9.02. The number of carbonyl (C=O) groups is 1. The molecule has 1 heterocycles. The molecule has 0 atom stereocenters. The summed E-state index contributed by atoms with van der Waals surface area (Å²) < 4.78 is 12.9. The van der Waals surface area contributed by atoms with Crippen LogP contribution in [0.25, 0.3) is 6.08 Å². The van der Waals surface area contributed by atoms with Crippen molar-refractivity contribution in [2.45, 2.75) is 38.6 Å². The minimum Gasteiger partial charge on any atom is -0.490 e. The lowest BCUT2D eigenvalue weighted by molar-refractivity contribution is -0.123. The van der Waals surface area contributed by atoms with Crippen molar-refractivity contribution in [1.82, 2.24) is 4.90 Å². The topological polar surface area (TPSA) is 38.8 Å². The van der Waals surface area contributed by atoms with Crippen LogP contribution in [0, 0.1) is 0 Å². The summed E-state index contributed by atoms with van der Waals surface area (Å²) in [4.78, 5) is 15.3. The third-order valence-electron chi connectivity index (χ3n) is 4.49. The molecule has 1 aliphatic heterocycles. The first kappa shape index (κ1) is 20.4. The van der Waals surface area contributed by atoms with Gasteiger partial charge in [-0.25, -0.2) is 0 Å². The van der Waals surface area contributed by atoms with Crippen molar-refractivity contribution < 1.29 is 14.3 Å². The lowest BCUT2D eigenvalue weighted by Crippen LogP contribution is -2.36. The summed E-state index contributed by atoms with van der Waals surface area (Å²) in [6.07, 6.45) is 7.96. The first-order valence-corrected chi connectivity index (χ1v) is 11.0. The van der Waals surface area contributed by atoms with Crippen LogP contribution in [-0.2, 0) is 4.79 Å². The van der Waals surface area contributed by atoms with Gasteiger partial charge in [-0.3, -0.25) is 9.69 Å². The van der Waals surface area contributed by atoms with Gasteiger partial charge in [-0.2, -0.15) is 0 Å². The summed E-state index contributed by atoms with van der Waals surface area (Å²) >= 11 is 10.4. The number of benzene rings is 1. The molecule has 1 amide bonds. The second-order valence-corrected chi connectivity index (χ2v) is 8.88. The number of halogens is 1. The van der Waals surface area contributed by atoms with E-state index in [2.05, 4.69) is 22.5 Å². The van der Waals surface area contributed by atoms with E-state index >= 15 is 0 Å². The van der Waals surface area contributed by atoms with E-state index in [4.69, 9.17) is 21.7 Å². The molecule has 1 aromatic rings. The van der Waals surface area contributed by atoms with Crippen molar-refractivity contribution in [3.8, 4) is 11.5 Å². The van der Waals surface area contributed by atoms with Crippen molar-refractivity contribution in [2.75, 3.05) is 13.2 Å². The summed E-state index contributed by atoms with van der Waals surface area (Å²) in [6, 6.07) is 4.06. The summed E-state index contributed by atoms with van der Waals surface area (Å²) in [7, 11) is 0. The van der Waals surface area contributed by atoms with Gasteiger partial charge in [0.05, 0.1) is 16.0 Å². The van der Waals surface area contributed by atoms with E-state index in [0.717, 1.165) is 35.7 Å². The van der Waals surface area contributed by atoms with Crippen LogP contribution in [-0.4, -0.2) is 34.4 Å². The monoisotopic (exact) mass is 467 g/mol. The molecule has 0 radical (unpaired) electrons. The molecule has 0 unspecified atom stereocenters. The Kier molecular flexibility index (Phi) is 7.00. The number of amides is 1. The number of hydrogen-bond donors (Lipinski definition) is 0. The Balaban J connectivity index is 1.88. The van der Waals surface area contributed by atoms with Gasteiger partial charge in [0.2, 0.25) is 0 Å². The molecule has 0 N–H and O–H groups in total. The highest BCUT2D eigenvalue weighted by molar-refractivity contribution is 9.10. The lowest BCUT2D eigenvalue weighted by atomic mass is 10.1. The molecular formula is C20H22BrNO3S2. The quantitative estimate of drug-likeness (QED) is 0.298. The van der Waals surface area contributed by atoms with Crippen LogP contribution in [0.3, 0.4) is 0 Å². The van der Waals surface area contributed by atoms with Gasteiger partial charge in [-0.05, 0) is 59.5 Å². The number of thioether (sulfide) groups is 1. The predicted octanol–water partition coefficient (Wildman–Crippen LogP) is 5.56. The summed E-state index contributed by atoms with van der Waals surface area (Å²) in [5, 5.41) is 0. The second-order valence-electron chi connectivity index (χ2n) is 6.35. The van der Waals surface area contributed by atoms with Crippen LogP contribution in [0.5, 0.6) is 11.5 Å². The molecule has 3 rings (SSSR count). The molecule has 2 fully saturated rings. The Bertz CT molecular complexity index is 788. The molecule has 2 aliphatic rings. The number of thiocarbonyl (C=S) groups is 1. The fourth-order valence-electron chi connectivity index (χ4n) is 3.32. The molecular weight excluding hydrogens is 446 g/mol. The molecule has 0 aromatic heterocycles. The highest BCUT2D eigenvalue weighted by Crippen LogP contribution is 2.41. The van der Waals surface area contributed by atoms with Crippen molar-refractivity contribution in [1.29, 1.82) is 0 Å². The Morgan fingerprint density at radius 2 is 2.11 bits per heavy atom. The van der Waals surface area contributed by atoms with E-state index in [9.17, 15) is 4.79 Å². The van der Waals surface area contributed by atoms with Gasteiger partial charge in [0.25, 0.3) is 5.91 Å². The molecule has 1 aromatic carbocycles. The molecule has 1 aliphatic carbocycles. The Labute approximate surface area is 178 Å². The van der Waals surface area contributed by atoms with Crippen molar-refractivity contribution in [3.63, 3.8) is 0 Å². The van der Waals surface area contributed by atoms with Crippen molar-refractivity contribution in [3.05, 3.63) is 39.7 Å². The molecule has 0 bridgehead atoms. The van der Waals surface area contributed by atoms with Crippen LogP contribution in [0.1, 0.15) is 38.2 Å². The maximum atomic E-state index is 12.9. The van der Waals surface area contributed by atoms with Gasteiger partial charge in [-0.15, -0.1) is 0 Å². The number of ether oxygens (including phenoxy) is 2. The first-order chi connectivity index (χ1) is 13.0. The van der Waals surface area contributed by atoms with Gasteiger partial charge in [-0.1, -0.05) is 49.5 Å². The third kappa shape index (κ3) is 4.58. The maximum absolute atomic E-state index is 12.9. The standard InChI is InChI=1S/C20H22BrNO3S2/c1-3-9-25-18-15(21)10-13(11-16(18)24-4-2)12-17-19(23)22(20(26)27-17)14-7-5-6-8-14/h3,10-12,14H,1,4-9H2,2H3. The van der Waals surface area contributed by atoms with E-state index in [1.54, 1.807) is 11.0 Å². The van der Waals surface area contributed by atoms with Gasteiger partial charge >= 0.3 is 0 Å².